The molecule has 3 aromatic carbocycles. The highest BCUT2D eigenvalue weighted by Gasteiger charge is 2.39. The van der Waals surface area contributed by atoms with Gasteiger partial charge in [-0.1, -0.05) is 70.0 Å². The van der Waals surface area contributed by atoms with Crippen LogP contribution in [0, 0.1) is 5.82 Å². The first-order chi connectivity index (χ1) is 17.1. The van der Waals surface area contributed by atoms with Crippen molar-refractivity contribution in [3.63, 3.8) is 0 Å². The van der Waals surface area contributed by atoms with Gasteiger partial charge in [0.2, 0.25) is 0 Å². The molecule has 1 heterocycles. The van der Waals surface area contributed by atoms with E-state index < -0.39 is 29.0 Å². The molecule has 0 saturated heterocycles. The van der Waals surface area contributed by atoms with Crippen molar-refractivity contribution in [2.45, 2.75) is 18.1 Å². The Hall–Kier alpha value is -3.23. The van der Waals surface area contributed by atoms with E-state index in [0.717, 1.165) is 16.1 Å². The topological polar surface area (TPSA) is 42.0 Å². The molecular weight excluding hydrogens is 560 g/mol. The number of amides is 1. The Morgan fingerprint density at radius 3 is 2.33 bits per heavy atom. The number of nitrogens with zero attached hydrogens (tertiary/aromatic N) is 1. The molecule has 1 atom stereocenters. The van der Waals surface area contributed by atoms with Crippen LogP contribution >= 0.6 is 27.5 Å². The van der Waals surface area contributed by atoms with Crippen LogP contribution in [0.5, 0.6) is 0 Å². The SMILES string of the molecule is O=C(NC(Cc1ccccc1)(c1cccc(Br)c1)c1ccc(Cl)cn1)c1ccc(F)c(C(F)(F)F)c1. The molecule has 184 valence electrons. The van der Waals surface area contributed by atoms with Gasteiger partial charge < -0.3 is 5.32 Å². The molecule has 3 nitrogen and oxygen atoms in total. The maximum Gasteiger partial charge on any atom is 0.419 e. The van der Waals surface area contributed by atoms with Crippen molar-refractivity contribution in [1.82, 2.24) is 10.3 Å². The van der Waals surface area contributed by atoms with E-state index in [4.69, 9.17) is 11.6 Å². The zero-order chi connectivity index (χ0) is 25.9. The van der Waals surface area contributed by atoms with Crippen molar-refractivity contribution >= 4 is 33.4 Å². The van der Waals surface area contributed by atoms with E-state index in [1.165, 1.54) is 6.20 Å². The van der Waals surface area contributed by atoms with Gasteiger partial charge in [0.05, 0.1) is 16.3 Å². The van der Waals surface area contributed by atoms with Gasteiger partial charge in [-0.2, -0.15) is 13.2 Å². The Kier molecular flexibility index (Phi) is 7.47. The van der Waals surface area contributed by atoms with Gasteiger partial charge in [-0.25, -0.2) is 4.39 Å². The molecule has 36 heavy (non-hydrogen) atoms. The summed E-state index contributed by atoms with van der Waals surface area (Å²) in [6.45, 7) is 0. The molecule has 0 radical (unpaired) electrons. The van der Waals surface area contributed by atoms with Gasteiger partial charge in [0.1, 0.15) is 11.4 Å². The molecule has 0 aliphatic rings. The number of carbonyl (C=O) groups excluding carboxylic acids is 1. The number of aromatic nitrogens is 1. The second-order valence-electron chi connectivity index (χ2n) is 8.09. The lowest BCUT2D eigenvalue weighted by Gasteiger charge is -2.35. The second kappa shape index (κ2) is 10.4. The molecule has 1 amide bonds. The molecule has 0 spiro atoms. The van der Waals surface area contributed by atoms with Gasteiger partial charge in [-0.15, -0.1) is 0 Å². The molecule has 1 unspecified atom stereocenters. The summed E-state index contributed by atoms with van der Waals surface area (Å²) >= 11 is 9.52. The molecule has 4 aromatic rings. The summed E-state index contributed by atoms with van der Waals surface area (Å²) < 4.78 is 54.6. The number of halogens is 6. The van der Waals surface area contributed by atoms with E-state index in [9.17, 15) is 22.4 Å². The predicted molar refractivity (Wildman–Crippen MR) is 133 cm³/mol. The molecule has 1 N–H and O–H groups in total. The van der Waals surface area contributed by atoms with Crippen LogP contribution in [0.3, 0.4) is 0 Å². The highest BCUT2D eigenvalue weighted by Crippen LogP contribution is 2.36. The third-order valence-corrected chi connectivity index (χ3v) is 6.37. The molecule has 4 rings (SSSR count). The Morgan fingerprint density at radius 2 is 1.69 bits per heavy atom. The quantitative estimate of drug-likeness (QED) is 0.240. The Morgan fingerprint density at radius 1 is 0.944 bits per heavy atom. The van der Waals surface area contributed by atoms with Crippen molar-refractivity contribution in [2.24, 2.45) is 0 Å². The highest BCUT2D eigenvalue weighted by atomic mass is 79.9. The largest absolute Gasteiger partial charge is 0.419 e. The lowest BCUT2D eigenvalue weighted by molar-refractivity contribution is -0.140. The van der Waals surface area contributed by atoms with Crippen molar-refractivity contribution in [2.75, 3.05) is 0 Å². The van der Waals surface area contributed by atoms with Crippen LogP contribution < -0.4 is 5.32 Å². The summed E-state index contributed by atoms with van der Waals surface area (Å²) in [6.07, 6.45) is -3.30. The molecule has 1 aromatic heterocycles. The number of nitrogens with one attached hydrogen (secondary N) is 1. The van der Waals surface area contributed by atoms with E-state index in [-0.39, 0.29) is 12.0 Å². The minimum absolute atomic E-state index is 0.220. The van der Waals surface area contributed by atoms with Crippen LogP contribution in [0.2, 0.25) is 5.02 Å². The maximum atomic E-state index is 13.9. The predicted octanol–water partition coefficient (Wildman–Crippen LogP) is 7.57. The van der Waals surface area contributed by atoms with E-state index >= 15 is 0 Å². The summed E-state index contributed by atoms with van der Waals surface area (Å²) in [5.74, 6) is -2.28. The first kappa shape index (κ1) is 25.9. The van der Waals surface area contributed by atoms with Crippen molar-refractivity contribution < 1.29 is 22.4 Å². The van der Waals surface area contributed by atoms with Gasteiger partial charge in [0.25, 0.3) is 5.91 Å². The molecule has 0 saturated carbocycles. The molecule has 0 aliphatic carbocycles. The van der Waals surface area contributed by atoms with Crippen LogP contribution in [0.1, 0.15) is 32.7 Å². The standard InChI is InChI=1S/C27H18BrClF4N2O/c28-20-8-4-7-19(14-20)26(15-17-5-2-1-3-6-17,24-12-10-21(29)16-34-24)35-25(36)18-9-11-23(30)22(13-18)27(31,32)33/h1-14,16H,15H2,(H,35,36). The molecule has 0 bridgehead atoms. The summed E-state index contributed by atoms with van der Waals surface area (Å²) in [7, 11) is 0. The van der Waals surface area contributed by atoms with Crippen LogP contribution in [0.15, 0.2) is 95.6 Å². The lowest BCUT2D eigenvalue weighted by atomic mass is 9.80. The van der Waals surface area contributed by atoms with Crippen molar-refractivity contribution in [3.05, 3.63) is 134 Å². The maximum absolute atomic E-state index is 13.9. The lowest BCUT2D eigenvalue weighted by Crippen LogP contribution is -2.49. The van der Waals surface area contributed by atoms with Crippen LogP contribution in [0.4, 0.5) is 17.6 Å². The van der Waals surface area contributed by atoms with Crippen LogP contribution in [0.25, 0.3) is 0 Å². The Labute approximate surface area is 218 Å². The number of hydrogen-bond acceptors (Lipinski definition) is 2. The normalized spacial score (nSPS) is 13.2. The van der Waals surface area contributed by atoms with Gasteiger partial charge in [0.15, 0.2) is 0 Å². The summed E-state index contributed by atoms with van der Waals surface area (Å²) in [5.41, 5.74) is -1.28. The fraction of sp³-hybridized carbons (Fsp3) is 0.111. The Balaban J connectivity index is 1.90. The minimum atomic E-state index is -4.95. The Bertz CT molecular complexity index is 1380. The monoisotopic (exact) mass is 576 g/mol. The fourth-order valence-corrected chi connectivity index (χ4v) is 4.47. The number of rotatable bonds is 6. The average Bonchev–Trinajstić information content (AvgIpc) is 2.84. The van der Waals surface area contributed by atoms with Crippen LogP contribution in [-0.2, 0) is 18.1 Å². The minimum Gasteiger partial charge on any atom is -0.337 e. The summed E-state index contributed by atoms with van der Waals surface area (Å²) in [6, 6.07) is 21.9. The number of hydrogen-bond donors (Lipinski definition) is 1. The first-order valence-electron chi connectivity index (χ1n) is 10.7. The van der Waals surface area contributed by atoms with Gasteiger partial charge in [0, 0.05) is 22.7 Å². The molecule has 0 aliphatic heterocycles. The molecular formula is C27H18BrClF4N2O. The molecule has 0 fully saturated rings. The number of alkyl halides is 3. The second-order valence-corrected chi connectivity index (χ2v) is 9.44. The van der Waals surface area contributed by atoms with E-state index in [0.29, 0.717) is 28.4 Å². The number of benzene rings is 3. The third-order valence-electron chi connectivity index (χ3n) is 5.66. The number of carbonyl (C=O) groups is 1. The van der Waals surface area contributed by atoms with Gasteiger partial charge in [-0.05, 0) is 53.6 Å². The van der Waals surface area contributed by atoms with Crippen molar-refractivity contribution in [1.29, 1.82) is 0 Å². The fourth-order valence-electron chi connectivity index (χ4n) is 3.95. The zero-order valence-electron chi connectivity index (χ0n) is 18.5. The highest BCUT2D eigenvalue weighted by molar-refractivity contribution is 9.10. The van der Waals surface area contributed by atoms with Gasteiger partial charge in [-0.3, -0.25) is 9.78 Å². The van der Waals surface area contributed by atoms with Crippen LogP contribution in [-0.4, -0.2) is 10.9 Å². The smallest absolute Gasteiger partial charge is 0.337 e. The van der Waals surface area contributed by atoms with Gasteiger partial charge >= 0.3 is 6.18 Å². The third kappa shape index (κ3) is 5.60. The van der Waals surface area contributed by atoms with E-state index in [1.54, 1.807) is 30.3 Å². The number of pyridine rings is 1. The average molecular weight is 578 g/mol. The zero-order valence-corrected chi connectivity index (χ0v) is 20.8. The first-order valence-corrected chi connectivity index (χ1v) is 11.9. The van der Waals surface area contributed by atoms with E-state index in [2.05, 4.69) is 26.2 Å². The van der Waals surface area contributed by atoms with Crippen molar-refractivity contribution in [3.8, 4) is 0 Å². The summed E-state index contributed by atoms with van der Waals surface area (Å²) in [5, 5.41) is 3.29. The van der Waals surface area contributed by atoms with E-state index in [1.807, 2.05) is 36.4 Å². The summed E-state index contributed by atoms with van der Waals surface area (Å²) in [4.78, 5) is 17.9. The molecule has 9 heteroatoms.